The number of aromatic hydroxyl groups is 1. The molecule has 5 N–H and O–H groups in total. The SMILES string of the molecule is Nc1ccc2[nH]c(-c3cc(-c4ccccc4C(=O)O)cc(Cl)c3O)c(Cc3ccccc3)c2n1. The second-order valence-corrected chi connectivity index (χ2v) is 8.39. The van der Waals surface area contributed by atoms with Gasteiger partial charge in [-0.2, -0.15) is 0 Å². The van der Waals surface area contributed by atoms with Crippen molar-refractivity contribution in [2.45, 2.75) is 6.42 Å². The number of pyridine rings is 1. The number of carboxylic acid groups (broad SMARTS) is 1. The number of anilines is 1. The van der Waals surface area contributed by atoms with Crippen molar-refractivity contribution in [2.75, 3.05) is 5.73 Å². The van der Waals surface area contributed by atoms with Gasteiger partial charge in [0.15, 0.2) is 0 Å². The summed E-state index contributed by atoms with van der Waals surface area (Å²) >= 11 is 6.44. The number of nitrogens with zero attached hydrogens (tertiary/aromatic N) is 1. The predicted molar refractivity (Wildman–Crippen MR) is 134 cm³/mol. The molecule has 2 heterocycles. The monoisotopic (exact) mass is 469 g/mol. The van der Waals surface area contributed by atoms with Gasteiger partial charge >= 0.3 is 5.97 Å². The maximum atomic E-state index is 11.8. The Balaban J connectivity index is 1.76. The number of aromatic carboxylic acids is 1. The summed E-state index contributed by atoms with van der Waals surface area (Å²) in [6, 6.07) is 23.5. The number of carboxylic acids is 1. The lowest BCUT2D eigenvalue weighted by atomic mass is 9.94. The number of phenols is 1. The van der Waals surface area contributed by atoms with Crippen molar-refractivity contribution >= 4 is 34.4 Å². The zero-order chi connectivity index (χ0) is 23.8. The van der Waals surface area contributed by atoms with E-state index < -0.39 is 5.97 Å². The van der Waals surface area contributed by atoms with Gasteiger partial charge in [-0.1, -0.05) is 60.1 Å². The minimum absolute atomic E-state index is 0.105. The van der Waals surface area contributed by atoms with Crippen LogP contribution in [0.1, 0.15) is 21.5 Å². The van der Waals surface area contributed by atoms with Gasteiger partial charge in [0.2, 0.25) is 0 Å². The van der Waals surface area contributed by atoms with Gasteiger partial charge < -0.3 is 20.9 Å². The normalized spacial score (nSPS) is 11.1. The summed E-state index contributed by atoms with van der Waals surface area (Å²) in [7, 11) is 0. The van der Waals surface area contributed by atoms with Gasteiger partial charge in [0.1, 0.15) is 11.6 Å². The molecule has 0 saturated heterocycles. The number of nitrogens with one attached hydrogen (secondary N) is 1. The van der Waals surface area contributed by atoms with E-state index in [9.17, 15) is 15.0 Å². The molecule has 34 heavy (non-hydrogen) atoms. The van der Waals surface area contributed by atoms with E-state index in [-0.39, 0.29) is 16.3 Å². The molecule has 0 spiro atoms. The van der Waals surface area contributed by atoms with Crippen molar-refractivity contribution in [2.24, 2.45) is 0 Å². The van der Waals surface area contributed by atoms with Gasteiger partial charge in [-0.3, -0.25) is 0 Å². The lowest BCUT2D eigenvalue weighted by Gasteiger charge is -2.13. The molecule has 0 aliphatic rings. The lowest BCUT2D eigenvalue weighted by Crippen LogP contribution is -1.99. The Hall–Kier alpha value is -4.29. The summed E-state index contributed by atoms with van der Waals surface area (Å²) in [5.41, 5.74) is 11.7. The first-order valence-electron chi connectivity index (χ1n) is 10.6. The molecule has 0 fully saturated rings. The molecule has 168 valence electrons. The summed E-state index contributed by atoms with van der Waals surface area (Å²) in [4.78, 5) is 19.7. The van der Waals surface area contributed by atoms with Crippen molar-refractivity contribution in [3.8, 4) is 28.1 Å². The number of hydrogen-bond donors (Lipinski definition) is 4. The summed E-state index contributed by atoms with van der Waals surface area (Å²) in [6.07, 6.45) is 0.541. The minimum atomic E-state index is -1.04. The third-order valence-corrected chi connectivity index (χ3v) is 6.08. The number of nitrogens with two attached hydrogens (primary N) is 1. The largest absolute Gasteiger partial charge is 0.506 e. The standard InChI is InChI=1S/C27H20ClN3O3/c28-21-14-16(17-8-4-5-9-18(17)27(33)34)13-20(26(21)32)24-19(12-15-6-2-1-3-7-15)25-22(30-24)10-11-23(29)31-25/h1-11,13-14,30,32H,12H2,(H2,29,31)(H,33,34). The average molecular weight is 470 g/mol. The van der Waals surface area contributed by atoms with Crippen LogP contribution in [0, 0.1) is 0 Å². The zero-order valence-corrected chi connectivity index (χ0v) is 18.7. The van der Waals surface area contributed by atoms with Gasteiger partial charge in [0.25, 0.3) is 0 Å². The first-order valence-corrected chi connectivity index (χ1v) is 11.0. The van der Waals surface area contributed by atoms with Crippen LogP contribution < -0.4 is 5.73 Å². The lowest BCUT2D eigenvalue weighted by molar-refractivity contribution is 0.0697. The van der Waals surface area contributed by atoms with Crippen LogP contribution in [0.3, 0.4) is 0 Å². The van der Waals surface area contributed by atoms with Crippen molar-refractivity contribution < 1.29 is 15.0 Å². The van der Waals surface area contributed by atoms with Crippen LogP contribution in [0.4, 0.5) is 5.82 Å². The second-order valence-electron chi connectivity index (χ2n) is 7.98. The zero-order valence-electron chi connectivity index (χ0n) is 17.9. The summed E-state index contributed by atoms with van der Waals surface area (Å²) in [6.45, 7) is 0. The van der Waals surface area contributed by atoms with Gasteiger partial charge in [-0.05, 0) is 47.0 Å². The third-order valence-electron chi connectivity index (χ3n) is 5.79. The number of carbonyl (C=O) groups is 1. The van der Waals surface area contributed by atoms with Gasteiger partial charge in [-0.25, -0.2) is 9.78 Å². The van der Waals surface area contributed by atoms with Gasteiger partial charge in [0, 0.05) is 17.5 Å². The molecule has 5 rings (SSSR count). The van der Waals surface area contributed by atoms with E-state index >= 15 is 0 Å². The van der Waals surface area contributed by atoms with E-state index in [2.05, 4.69) is 9.97 Å². The highest BCUT2D eigenvalue weighted by Gasteiger charge is 2.21. The molecule has 0 radical (unpaired) electrons. The molecule has 0 aliphatic heterocycles. The maximum Gasteiger partial charge on any atom is 0.336 e. The van der Waals surface area contributed by atoms with E-state index in [0.717, 1.165) is 16.6 Å². The summed E-state index contributed by atoms with van der Waals surface area (Å²) < 4.78 is 0. The van der Waals surface area contributed by atoms with Crippen LogP contribution in [-0.2, 0) is 6.42 Å². The molecular weight excluding hydrogens is 450 g/mol. The fraction of sp³-hybridized carbons (Fsp3) is 0.0370. The van der Waals surface area contributed by atoms with Crippen LogP contribution in [0.2, 0.25) is 5.02 Å². The first kappa shape index (κ1) is 21.6. The van der Waals surface area contributed by atoms with Crippen molar-refractivity contribution in [3.05, 3.63) is 101 Å². The van der Waals surface area contributed by atoms with E-state index in [0.29, 0.717) is 40.1 Å². The Morgan fingerprint density at radius 3 is 2.47 bits per heavy atom. The topological polar surface area (TPSA) is 112 Å². The molecule has 6 nitrogen and oxygen atoms in total. The second kappa shape index (κ2) is 8.57. The van der Waals surface area contributed by atoms with Crippen LogP contribution in [0.25, 0.3) is 33.4 Å². The molecule has 0 unspecified atom stereocenters. The van der Waals surface area contributed by atoms with Gasteiger partial charge in [0.05, 0.1) is 27.3 Å². The number of fused-ring (bicyclic) bond motifs is 1. The van der Waals surface area contributed by atoms with Crippen LogP contribution >= 0.6 is 11.6 Å². The Labute approximate surface area is 200 Å². The molecule has 0 bridgehead atoms. The first-order chi connectivity index (χ1) is 16.4. The number of benzene rings is 3. The van der Waals surface area contributed by atoms with E-state index in [1.165, 1.54) is 6.07 Å². The molecule has 0 saturated carbocycles. The highest BCUT2D eigenvalue weighted by Crippen LogP contribution is 2.43. The van der Waals surface area contributed by atoms with Crippen LogP contribution in [0.5, 0.6) is 5.75 Å². The minimum Gasteiger partial charge on any atom is -0.506 e. The van der Waals surface area contributed by atoms with E-state index in [1.807, 2.05) is 36.4 Å². The number of H-pyrrole nitrogens is 1. The highest BCUT2D eigenvalue weighted by atomic mass is 35.5. The molecule has 0 atom stereocenters. The number of rotatable bonds is 5. The summed E-state index contributed by atoms with van der Waals surface area (Å²) in [5, 5.41) is 20.7. The maximum absolute atomic E-state index is 11.8. The predicted octanol–water partition coefficient (Wildman–Crippen LogP) is 6.13. The van der Waals surface area contributed by atoms with E-state index in [4.69, 9.17) is 17.3 Å². The number of hydrogen-bond acceptors (Lipinski definition) is 4. The number of phenolic OH excluding ortho intramolecular Hbond substituents is 1. The highest BCUT2D eigenvalue weighted by molar-refractivity contribution is 6.33. The Morgan fingerprint density at radius 2 is 1.71 bits per heavy atom. The number of halogens is 1. The molecule has 3 aromatic carbocycles. The quantitative estimate of drug-likeness (QED) is 0.247. The van der Waals surface area contributed by atoms with E-state index in [1.54, 1.807) is 36.4 Å². The molecule has 7 heteroatoms. The van der Waals surface area contributed by atoms with Crippen molar-refractivity contribution in [3.63, 3.8) is 0 Å². The van der Waals surface area contributed by atoms with Gasteiger partial charge in [-0.15, -0.1) is 0 Å². The molecule has 2 aromatic heterocycles. The Bertz CT molecular complexity index is 1540. The average Bonchev–Trinajstić information content (AvgIpc) is 3.18. The summed E-state index contributed by atoms with van der Waals surface area (Å²) in [5.74, 6) is -0.762. The number of aromatic nitrogens is 2. The number of aromatic amines is 1. The van der Waals surface area contributed by atoms with Crippen molar-refractivity contribution in [1.29, 1.82) is 0 Å². The fourth-order valence-electron chi connectivity index (χ4n) is 4.20. The Morgan fingerprint density at radius 1 is 0.971 bits per heavy atom. The molecular formula is C27H20ClN3O3. The molecule has 0 aliphatic carbocycles. The molecule has 0 amide bonds. The molecule has 5 aromatic rings. The Kier molecular flexibility index (Phi) is 5.43. The fourth-order valence-corrected chi connectivity index (χ4v) is 4.42. The van der Waals surface area contributed by atoms with Crippen LogP contribution in [-0.4, -0.2) is 26.2 Å². The van der Waals surface area contributed by atoms with Crippen LogP contribution in [0.15, 0.2) is 78.9 Å². The van der Waals surface area contributed by atoms with Crippen molar-refractivity contribution in [1.82, 2.24) is 9.97 Å². The number of nitrogen functional groups attached to an aromatic ring is 1. The third kappa shape index (κ3) is 3.84. The smallest absolute Gasteiger partial charge is 0.336 e.